The molecule has 0 spiro atoms. The highest BCUT2D eigenvalue weighted by molar-refractivity contribution is 5.66. The van der Waals surface area contributed by atoms with Gasteiger partial charge in [-0.3, -0.25) is 4.79 Å². The molecule has 5 rings (SSSR count). The van der Waals surface area contributed by atoms with Crippen LogP contribution in [0.15, 0.2) is 78.0 Å². The molecule has 0 aliphatic carbocycles. The molecule has 3 aromatic heterocycles. The van der Waals surface area contributed by atoms with E-state index in [1.54, 1.807) is 39.3 Å². The lowest BCUT2D eigenvalue weighted by atomic mass is 10.1. The van der Waals surface area contributed by atoms with E-state index in [1.165, 1.54) is 5.56 Å². The van der Waals surface area contributed by atoms with Crippen LogP contribution in [0.25, 0.3) is 22.5 Å². The van der Waals surface area contributed by atoms with Crippen molar-refractivity contribution in [2.75, 3.05) is 7.11 Å². The molecule has 0 saturated carbocycles. The highest BCUT2D eigenvalue weighted by atomic mass is 16.5. The van der Waals surface area contributed by atoms with Crippen LogP contribution in [0.5, 0.6) is 5.75 Å². The van der Waals surface area contributed by atoms with Crippen LogP contribution >= 0.6 is 0 Å². The highest BCUT2D eigenvalue weighted by Crippen LogP contribution is 2.23. The standard InChI is InChI=1S/C23H20N6O2/c1-16-6-8-19(9-7-16)29-15-18(24-26-29)14-27-10-11-28-22(23(27)30)13-21(25-28)17-4-3-5-20(12-17)31-2/h3-13,15H,14H2,1-2H3. The van der Waals surface area contributed by atoms with Crippen molar-refractivity contribution in [1.82, 2.24) is 29.2 Å². The fourth-order valence-electron chi connectivity index (χ4n) is 3.44. The van der Waals surface area contributed by atoms with Gasteiger partial charge in [0, 0.05) is 18.0 Å². The van der Waals surface area contributed by atoms with Crippen molar-refractivity contribution in [1.29, 1.82) is 0 Å². The molecule has 2 aromatic carbocycles. The van der Waals surface area contributed by atoms with Gasteiger partial charge in [-0.15, -0.1) is 5.10 Å². The Hall–Kier alpha value is -4.20. The normalized spacial score (nSPS) is 11.2. The fourth-order valence-corrected chi connectivity index (χ4v) is 3.44. The molecule has 0 aliphatic rings. The molecule has 5 aromatic rings. The summed E-state index contributed by atoms with van der Waals surface area (Å²) >= 11 is 0. The Kier molecular flexibility index (Phi) is 4.59. The molecular weight excluding hydrogens is 392 g/mol. The van der Waals surface area contributed by atoms with Gasteiger partial charge in [-0.1, -0.05) is 35.0 Å². The van der Waals surface area contributed by atoms with E-state index in [4.69, 9.17) is 4.74 Å². The minimum atomic E-state index is -0.144. The van der Waals surface area contributed by atoms with Crippen molar-refractivity contribution >= 4 is 5.52 Å². The average Bonchev–Trinajstić information content (AvgIpc) is 3.44. The summed E-state index contributed by atoms with van der Waals surface area (Å²) in [5.41, 5.74) is 4.73. The van der Waals surface area contributed by atoms with Gasteiger partial charge in [0.15, 0.2) is 0 Å². The number of hydrogen-bond donors (Lipinski definition) is 0. The summed E-state index contributed by atoms with van der Waals surface area (Å²) in [6, 6.07) is 17.4. The molecule has 8 nitrogen and oxygen atoms in total. The maximum absolute atomic E-state index is 13.0. The first-order valence-corrected chi connectivity index (χ1v) is 9.82. The van der Waals surface area contributed by atoms with Gasteiger partial charge >= 0.3 is 0 Å². The predicted octanol–water partition coefficient (Wildman–Crippen LogP) is 3.11. The van der Waals surface area contributed by atoms with Gasteiger partial charge in [0.1, 0.15) is 17.0 Å². The second-order valence-corrected chi connectivity index (χ2v) is 7.31. The number of rotatable bonds is 5. The lowest BCUT2D eigenvalue weighted by Crippen LogP contribution is -2.21. The van der Waals surface area contributed by atoms with Crippen LogP contribution in [0.4, 0.5) is 0 Å². The van der Waals surface area contributed by atoms with Crippen LogP contribution < -0.4 is 10.3 Å². The lowest BCUT2D eigenvalue weighted by molar-refractivity contribution is 0.415. The monoisotopic (exact) mass is 412 g/mol. The first kappa shape index (κ1) is 18.8. The van der Waals surface area contributed by atoms with Crippen LogP contribution in [0.2, 0.25) is 0 Å². The molecular formula is C23H20N6O2. The first-order valence-electron chi connectivity index (χ1n) is 9.82. The Morgan fingerprint density at radius 2 is 1.87 bits per heavy atom. The highest BCUT2D eigenvalue weighted by Gasteiger charge is 2.11. The van der Waals surface area contributed by atoms with Crippen molar-refractivity contribution in [2.24, 2.45) is 0 Å². The van der Waals surface area contributed by atoms with Gasteiger partial charge in [0.25, 0.3) is 5.56 Å². The Morgan fingerprint density at radius 3 is 2.68 bits per heavy atom. The van der Waals surface area contributed by atoms with Crippen LogP contribution in [0, 0.1) is 6.92 Å². The Morgan fingerprint density at radius 1 is 1.03 bits per heavy atom. The minimum Gasteiger partial charge on any atom is -0.497 e. The third-order valence-corrected chi connectivity index (χ3v) is 5.14. The maximum Gasteiger partial charge on any atom is 0.276 e. The Labute approximate surface area is 178 Å². The van der Waals surface area contributed by atoms with Crippen LogP contribution in [0.1, 0.15) is 11.3 Å². The number of fused-ring (bicyclic) bond motifs is 1. The van der Waals surface area contributed by atoms with E-state index in [-0.39, 0.29) is 5.56 Å². The van der Waals surface area contributed by atoms with E-state index < -0.39 is 0 Å². The van der Waals surface area contributed by atoms with Crippen LogP contribution in [-0.4, -0.2) is 36.3 Å². The molecule has 0 aliphatic heterocycles. The molecule has 0 atom stereocenters. The zero-order chi connectivity index (χ0) is 21.4. The second kappa shape index (κ2) is 7.56. The van der Waals surface area contributed by atoms with Gasteiger partial charge in [0.05, 0.1) is 31.2 Å². The third-order valence-electron chi connectivity index (χ3n) is 5.14. The summed E-state index contributed by atoms with van der Waals surface area (Å²) in [4.78, 5) is 13.0. The Bertz CT molecular complexity index is 1430. The topological polar surface area (TPSA) is 79.2 Å². The van der Waals surface area contributed by atoms with E-state index in [9.17, 15) is 4.79 Å². The number of benzene rings is 2. The summed E-state index contributed by atoms with van der Waals surface area (Å²) in [7, 11) is 1.62. The predicted molar refractivity (Wildman–Crippen MR) is 117 cm³/mol. The molecule has 154 valence electrons. The molecule has 0 saturated heterocycles. The van der Waals surface area contributed by atoms with E-state index in [1.807, 2.05) is 61.7 Å². The van der Waals surface area contributed by atoms with E-state index in [0.717, 1.165) is 17.0 Å². The van der Waals surface area contributed by atoms with Gasteiger partial charge in [-0.2, -0.15) is 5.10 Å². The van der Waals surface area contributed by atoms with E-state index in [0.29, 0.717) is 23.4 Å². The Balaban J connectivity index is 1.45. The summed E-state index contributed by atoms with van der Waals surface area (Å²) < 4.78 is 10.2. The zero-order valence-corrected chi connectivity index (χ0v) is 17.1. The third kappa shape index (κ3) is 3.59. The molecule has 31 heavy (non-hydrogen) atoms. The van der Waals surface area contributed by atoms with Crippen molar-refractivity contribution in [3.05, 3.63) is 94.8 Å². The summed E-state index contributed by atoms with van der Waals surface area (Å²) in [5, 5.41) is 12.9. The van der Waals surface area contributed by atoms with Gasteiger partial charge in [0.2, 0.25) is 0 Å². The van der Waals surface area contributed by atoms with Crippen LogP contribution in [-0.2, 0) is 6.54 Å². The SMILES string of the molecule is COc1cccc(-c2cc3c(=O)n(Cc4cn(-c5ccc(C)cc5)nn4)ccn3n2)c1. The number of nitrogens with zero attached hydrogens (tertiary/aromatic N) is 6. The van der Waals surface area contributed by atoms with Crippen molar-refractivity contribution in [2.45, 2.75) is 13.5 Å². The van der Waals surface area contributed by atoms with Gasteiger partial charge < -0.3 is 9.30 Å². The zero-order valence-electron chi connectivity index (χ0n) is 17.1. The van der Waals surface area contributed by atoms with Crippen LogP contribution in [0.3, 0.4) is 0 Å². The molecule has 0 radical (unpaired) electrons. The lowest BCUT2D eigenvalue weighted by Gasteiger charge is -2.03. The van der Waals surface area contributed by atoms with Crippen molar-refractivity contribution < 1.29 is 4.74 Å². The number of aromatic nitrogens is 6. The quantitative estimate of drug-likeness (QED) is 0.443. The second-order valence-electron chi connectivity index (χ2n) is 7.31. The summed E-state index contributed by atoms with van der Waals surface area (Å²) in [6.45, 7) is 2.36. The average molecular weight is 412 g/mol. The largest absolute Gasteiger partial charge is 0.497 e. The summed E-state index contributed by atoms with van der Waals surface area (Å²) in [6.07, 6.45) is 5.31. The van der Waals surface area contributed by atoms with Crippen molar-refractivity contribution in [3.8, 4) is 22.7 Å². The van der Waals surface area contributed by atoms with Gasteiger partial charge in [-0.25, -0.2) is 9.20 Å². The fraction of sp³-hybridized carbons (Fsp3) is 0.130. The molecule has 3 heterocycles. The smallest absolute Gasteiger partial charge is 0.276 e. The van der Waals surface area contributed by atoms with E-state index >= 15 is 0 Å². The maximum atomic E-state index is 13.0. The first-order chi connectivity index (χ1) is 15.1. The van der Waals surface area contributed by atoms with Gasteiger partial charge in [-0.05, 0) is 37.3 Å². The number of hydrogen-bond acceptors (Lipinski definition) is 5. The summed E-state index contributed by atoms with van der Waals surface area (Å²) in [5.74, 6) is 0.739. The molecule has 0 unspecified atom stereocenters. The molecule has 0 fully saturated rings. The molecule has 0 bridgehead atoms. The minimum absolute atomic E-state index is 0.144. The van der Waals surface area contributed by atoms with Crippen molar-refractivity contribution in [3.63, 3.8) is 0 Å². The number of aryl methyl sites for hydroxylation is 1. The molecule has 0 amide bonds. The molecule has 8 heteroatoms. The number of methoxy groups -OCH3 is 1. The molecule has 0 N–H and O–H groups in total. The number of ether oxygens (including phenoxy) is 1. The van der Waals surface area contributed by atoms with E-state index in [2.05, 4.69) is 15.4 Å².